The maximum Gasteiger partial charge on any atom is 0.511 e. The van der Waals surface area contributed by atoms with Gasteiger partial charge < -0.3 is 0 Å². The second-order valence-corrected chi connectivity index (χ2v) is 5.90. The highest BCUT2D eigenvalue weighted by Crippen LogP contribution is 2.23. The topological polar surface area (TPSA) is 46.2 Å². The molecule has 0 spiro atoms. The molecule has 1 atom stereocenters. The van der Waals surface area contributed by atoms with Gasteiger partial charge >= 0.3 is 15.5 Å². The molecule has 1 aromatic rings. The van der Waals surface area contributed by atoms with Crippen LogP contribution in [0, 0.1) is 0 Å². The van der Waals surface area contributed by atoms with Gasteiger partial charge in [-0.2, -0.15) is 13.2 Å². The van der Waals surface area contributed by atoms with Crippen LogP contribution in [0.25, 0.3) is 0 Å². The standard InChI is InChI=1S/C12H16F3NO2S/c1-2-11(16-19(17,18)12(13,14)15)9-8-10-6-4-3-5-7-10/h3-7,11,16H,2,8-9H2,1H3/t11-/m1/s1. The quantitative estimate of drug-likeness (QED) is 0.877. The normalized spacial score (nSPS) is 14.3. The first-order valence-electron chi connectivity index (χ1n) is 5.89. The van der Waals surface area contributed by atoms with Crippen LogP contribution in [0.1, 0.15) is 25.3 Å². The summed E-state index contributed by atoms with van der Waals surface area (Å²) < 4.78 is 60.4. The average molecular weight is 295 g/mol. The zero-order valence-corrected chi connectivity index (χ0v) is 11.3. The Morgan fingerprint density at radius 3 is 2.26 bits per heavy atom. The number of halogens is 3. The molecule has 0 aromatic heterocycles. The molecular weight excluding hydrogens is 279 g/mol. The van der Waals surface area contributed by atoms with E-state index in [1.807, 2.05) is 30.3 Å². The number of nitrogens with one attached hydrogen (secondary N) is 1. The molecule has 0 heterocycles. The third kappa shape index (κ3) is 4.83. The third-order valence-electron chi connectivity index (χ3n) is 2.74. The van der Waals surface area contributed by atoms with Crippen molar-refractivity contribution in [2.24, 2.45) is 0 Å². The van der Waals surface area contributed by atoms with E-state index in [0.29, 0.717) is 19.3 Å². The van der Waals surface area contributed by atoms with Crippen LogP contribution in [0.4, 0.5) is 13.2 Å². The lowest BCUT2D eigenvalue weighted by Gasteiger charge is -2.18. The fraction of sp³-hybridized carbons (Fsp3) is 0.500. The minimum Gasteiger partial charge on any atom is -0.204 e. The average Bonchev–Trinajstić information content (AvgIpc) is 2.34. The molecule has 0 fully saturated rings. The lowest BCUT2D eigenvalue weighted by molar-refractivity contribution is -0.0451. The van der Waals surface area contributed by atoms with Crippen LogP contribution in [-0.4, -0.2) is 20.0 Å². The molecule has 108 valence electrons. The highest BCUT2D eigenvalue weighted by atomic mass is 32.2. The van der Waals surface area contributed by atoms with Crippen LogP contribution >= 0.6 is 0 Å². The van der Waals surface area contributed by atoms with Gasteiger partial charge in [-0.15, -0.1) is 0 Å². The van der Waals surface area contributed by atoms with Gasteiger partial charge in [-0.25, -0.2) is 13.1 Å². The van der Waals surface area contributed by atoms with Crippen molar-refractivity contribution >= 4 is 10.0 Å². The first-order valence-corrected chi connectivity index (χ1v) is 7.37. The van der Waals surface area contributed by atoms with Crippen molar-refractivity contribution in [2.45, 2.75) is 37.7 Å². The van der Waals surface area contributed by atoms with Crippen LogP contribution in [0.5, 0.6) is 0 Å². The lowest BCUT2D eigenvalue weighted by atomic mass is 10.0. The van der Waals surface area contributed by atoms with E-state index in [-0.39, 0.29) is 0 Å². The Balaban J connectivity index is 2.61. The van der Waals surface area contributed by atoms with Gasteiger partial charge in [0.2, 0.25) is 0 Å². The van der Waals surface area contributed by atoms with Crippen molar-refractivity contribution in [3.63, 3.8) is 0 Å². The maximum absolute atomic E-state index is 12.2. The third-order valence-corrected chi connectivity index (χ3v) is 4.00. The van der Waals surface area contributed by atoms with Gasteiger partial charge in [-0.3, -0.25) is 0 Å². The van der Waals surface area contributed by atoms with Crippen molar-refractivity contribution in [1.29, 1.82) is 0 Å². The highest BCUT2D eigenvalue weighted by molar-refractivity contribution is 7.90. The lowest BCUT2D eigenvalue weighted by Crippen LogP contribution is -2.42. The van der Waals surface area contributed by atoms with E-state index in [0.717, 1.165) is 5.56 Å². The monoisotopic (exact) mass is 295 g/mol. The summed E-state index contributed by atoms with van der Waals surface area (Å²) in [4.78, 5) is 0. The fourth-order valence-corrected chi connectivity index (χ4v) is 2.48. The molecule has 0 aliphatic heterocycles. The Morgan fingerprint density at radius 1 is 1.21 bits per heavy atom. The van der Waals surface area contributed by atoms with Crippen LogP contribution in [0.3, 0.4) is 0 Å². The molecule has 0 aliphatic carbocycles. The van der Waals surface area contributed by atoms with Crippen LogP contribution < -0.4 is 4.72 Å². The smallest absolute Gasteiger partial charge is 0.204 e. The summed E-state index contributed by atoms with van der Waals surface area (Å²) in [5, 5.41) is 0. The second kappa shape index (κ2) is 6.38. The van der Waals surface area contributed by atoms with E-state index in [2.05, 4.69) is 0 Å². The first-order chi connectivity index (χ1) is 8.76. The van der Waals surface area contributed by atoms with Gasteiger partial charge in [0.15, 0.2) is 0 Å². The Bertz CT molecular complexity index is 485. The predicted molar refractivity (Wildman–Crippen MR) is 67.0 cm³/mol. The minimum absolute atomic E-state index is 0.308. The molecule has 0 amide bonds. The molecule has 3 nitrogen and oxygen atoms in total. The van der Waals surface area contributed by atoms with E-state index in [1.165, 1.54) is 0 Å². The van der Waals surface area contributed by atoms with Gasteiger partial charge in [0.1, 0.15) is 0 Å². The fourth-order valence-electron chi connectivity index (χ4n) is 1.62. The number of rotatable bonds is 6. The van der Waals surface area contributed by atoms with E-state index < -0.39 is 21.6 Å². The number of hydrogen-bond acceptors (Lipinski definition) is 2. The molecule has 0 bridgehead atoms. The van der Waals surface area contributed by atoms with Crippen molar-refractivity contribution in [2.75, 3.05) is 0 Å². The van der Waals surface area contributed by atoms with Gasteiger partial charge in [-0.05, 0) is 24.8 Å². The molecule has 0 radical (unpaired) electrons. The molecule has 1 N–H and O–H groups in total. The van der Waals surface area contributed by atoms with E-state index >= 15 is 0 Å². The predicted octanol–water partition coefficient (Wildman–Crippen LogP) is 2.84. The summed E-state index contributed by atoms with van der Waals surface area (Å²) >= 11 is 0. The summed E-state index contributed by atoms with van der Waals surface area (Å²) in [6.45, 7) is 1.65. The molecule has 1 aromatic carbocycles. The largest absolute Gasteiger partial charge is 0.511 e. The maximum atomic E-state index is 12.2. The number of sulfonamides is 1. The molecule has 0 unspecified atom stereocenters. The van der Waals surface area contributed by atoms with Gasteiger partial charge in [-0.1, -0.05) is 37.3 Å². The van der Waals surface area contributed by atoms with Crippen molar-refractivity contribution in [3.05, 3.63) is 35.9 Å². The van der Waals surface area contributed by atoms with Gasteiger partial charge in [0, 0.05) is 6.04 Å². The Labute approximate surface area is 110 Å². The van der Waals surface area contributed by atoms with Crippen LogP contribution in [-0.2, 0) is 16.4 Å². The minimum atomic E-state index is -5.26. The highest BCUT2D eigenvalue weighted by Gasteiger charge is 2.46. The molecule has 7 heteroatoms. The Morgan fingerprint density at radius 2 is 1.79 bits per heavy atom. The van der Waals surface area contributed by atoms with E-state index in [4.69, 9.17) is 0 Å². The number of hydrogen-bond donors (Lipinski definition) is 1. The van der Waals surface area contributed by atoms with Gasteiger partial charge in [0.25, 0.3) is 0 Å². The molecule has 19 heavy (non-hydrogen) atoms. The number of benzene rings is 1. The summed E-state index contributed by atoms with van der Waals surface area (Å²) in [6, 6.07) is 8.49. The number of alkyl halides is 3. The van der Waals surface area contributed by atoms with Crippen molar-refractivity contribution < 1.29 is 21.6 Å². The SMILES string of the molecule is CC[C@H](CCc1ccccc1)NS(=O)(=O)C(F)(F)F. The Hall–Kier alpha value is -1.08. The molecule has 0 aliphatic rings. The first kappa shape index (κ1) is 16.0. The molecule has 1 rings (SSSR count). The zero-order valence-electron chi connectivity index (χ0n) is 10.4. The van der Waals surface area contributed by atoms with Crippen molar-refractivity contribution in [3.8, 4) is 0 Å². The summed E-state index contributed by atoms with van der Waals surface area (Å²) in [6.07, 6.45) is 1.16. The van der Waals surface area contributed by atoms with Gasteiger partial charge in [0.05, 0.1) is 0 Å². The molecular formula is C12H16F3NO2S. The molecule has 0 saturated heterocycles. The summed E-state index contributed by atoms with van der Waals surface area (Å²) in [7, 11) is -5.26. The van der Waals surface area contributed by atoms with Crippen molar-refractivity contribution in [1.82, 2.24) is 4.72 Å². The summed E-state index contributed by atoms with van der Waals surface area (Å²) in [5.74, 6) is 0. The van der Waals surface area contributed by atoms with Crippen LogP contribution in [0.15, 0.2) is 30.3 Å². The Kier molecular flexibility index (Phi) is 5.37. The van der Waals surface area contributed by atoms with Crippen LogP contribution in [0.2, 0.25) is 0 Å². The zero-order chi connectivity index (χ0) is 14.5. The molecule has 0 saturated carbocycles. The second-order valence-electron chi connectivity index (χ2n) is 4.20. The van der Waals surface area contributed by atoms with E-state index in [9.17, 15) is 21.6 Å². The summed E-state index contributed by atoms with van der Waals surface area (Å²) in [5.41, 5.74) is -4.29. The number of aryl methyl sites for hydroxylation is 1. The van der Waals surface area contributed by atoms with E-state index in [1.54, 1.807) is 11.6 Å².